The number of ether oxygens (including phenoxy) is 1. The number of likely N-dealkylation sites (N-methyl/N-ethyl adjacent to an activating group) is 2. The Balaban J connectivity index is 1.55. The fourth-order valence-electron chi connectivity index (χ4n) is 3.77. The molecule has 0 atom stereocenters. The van der Waals surface area contributed by atoms with Crippen LogP contribution >= 0.6 is 0 Å². The highest BCUT2D eigenvalue weighted by atomic mass is 19.1. The summed E-state index contributed by atoms with van der Waals surface area (Å²) < 4.78 is 24.4. The molecule has 0 aliphatic rings. The molecule has 2 aromatic carbocycles. The maximum Gasteiger partial charge on any atom is 0.343 e. The van der Waals surface area contributed by atoms with Crippen LogP contribution in [0.1, 0.15) is 23.6 Å². The molecule has 3 rings (SSSR count). The zero-order valence-electron chi connectivity index (χ0n) is 19.6. The lowest BCUT2D eigenvalue weighted by Crippen LogP contribution is -2.38. The number of carbonyl (C=O) groups excluding carboxylic acids is 1. The second kappa shape index (κ2) is 11.4. The minimum absolute atomic E-state index is 0.0973. The van der Waals surface area contributed by atoms with Gasteiger partial charge < -0.3 is 19.0 Å². The van der Waals surface area contributed by atoms with Gasteiger partial charge in [-0.05, 0) is 55.6 Å². The number of carbonyl (C=O) groups is 1. The van der Waals surface area contributed by atoms with Crippen LogP contribution in [0.3, 0.4) is 0 Å². The van der Waals surface area contributed by atoms with Crippen molar-refractivity contribution in [3.05, 3.63) is 75.6 Å². The fraction of sp³-hybridized carbons (Fsp3) is 0.346. The molecule has 0 aliphatic carbocycles. The summed E-state index contributed by atoms with van der Waals surface area (Å²) >= 11 is 0. The van der Waals surface area contributed by atoms with Crippen molar-refractivity contribution in [3.63, 3.8) is 0 Å². The molecule has 0 fully saturated rings. The largest absolute Gasteiger partial charge is 0.495 e. The van der Waals surface area contributed by atoms with Crippen molar-refractivity contribution in [3.8, 4) is 11.8 Å². The molecule has 1 amide bonds. The lowest BCUT2D eigenvalue weighted by molar-refractivity contribution is -0.130. The number of amides is 1. The number of fused-ring (bicyclic) bond motifs is 1. The van der Waals surface area contributed by atoms with Gasteiger partial charge in [0, 0.05) is 31.7 Å². The van der Waals surface area contributed by atoms with E-state index in [1.165, 1.54) is 19.4 Å². The Hall–Kier alpha value is -3.70. The number of benzene rings is 2. The van der Waals surface area contributed by atoms with Crippen molar-refractivity contribution < 1.29 is 18.3 Å². The zero-order valence-corrected chi connectivity index (χ0v) is 19.6. The van der Waals surface area contributed by atoms with Crippen molar-refractivity contribution in [1.29, 1.82) is 5.26 Å². The molecule has 8 heteroatoms. The molecular weight excluding hydrogens is 437 g/mol. The molecule has 34 heavy (non-hydrogen) atoms. The average Bonchev–Trinajstić information content (AvgIpc) is 2.84. The number of hydrogen-bond donors (Lipinski definition) is 0. The van der Waals surface area contributed by atoms with Crippen LogP contribution in [0.15, 0.2) is 51.9 Å². The van der Waals surface area contributed by atoms with Crippen LogP contribution in [0, 0.1) is 17.1 Å². The quantitative estimate of drug-likeness (QED) is 0.456. The van der Waals surface area contributed by atoms with Gasteiger partial charge in [-0.1, -0.05) is 12.1 Å². The van der Waals surface area contributed by atoms with Crippen LogP contribution in [-0.2, 0) is 17.6 Å². The molecule has 1 heterocycles. The minimum Gasteiger partial charge on any atom is -0.495 e. The summed E-state index contributed by atoms with van der Waals surface area (Å²) in [5.41, 5.74) is 1.07. The maximum absolute atomic E-state index is 14.4. The summed E-state index contributed by atoms with van der Waals surface area (Å²) in [4.78, 5) is 28.4. The van der Waals surface area contributed by atoms with Gasteiger partial charge in [-0.25, -0.2) is 9.18 Å². The van der Waals surface area contributed by atoms with E-state index in [4.69, 9.17) is 14.4 Å². The SMILES string of the molecule is CCN(CCN(C)CCc1ccc2c(=O)occc2c1)C(=O)Cc1cc(OC)c(C#N)cc1F. The van der Waals surface area contributed by atoms with Gasteiger partial charge in [-0.3, -0.25) is 4.79 Å². The third kappa shape index (κ3) is 6.00. The number of nitrogens with zero attached hydrogens (tertiary/aromatic N) is 3. The van der Waals surface area contributed by atoms with Crippen LogP contribution < -0.4 is 10.4 Å². The first-order valence-electron chi connectivity index (χ1n) is 11.1. The van der Waals surface area contributed by atoms with Crippen molar-refractivity contribution >= 4 is 16.7 Å². The van der Waals surface area contributed by atoms with E-state index in [-0.39, 0.29) is 34.8 Å². The number of methoxy groups -OCH3 is 1. The molecule has 0 saturated carbocycles. The molecule has 0 radical (unpaired) electrons. The normalized spacial score (nSPS) is 10.9. The van der Waals surface area contributed by atoms with E-state index < -0.39 is 5.82 Å². The minimum atomic E-state index is -0.591. The van der Waals surface area contributed by atoms with Gasteiger partial charge in [0.1, 0.15) is 17.6 Å². The first kappa shape index (κ1) is 24.9. The third-order valence-electron chi connectivity index (χ3n) is 5.86. The lowest BCUT2D eigenvalue weighted by Gasteiger charge is -2.25. The van der Waals surface area contributed by atoms with Gasteiger partial charge >= 0.3 is 5.63 Å². The van der Waals surface area contributed by atoms with Crippen LogP contribution in [-0.4, -0.2) is 56.0 Å². The second-order valence-electron chi connectivity index (χ2n) is 8.09. The highest BCUT2D eigenvalue weighted by molar-refractivity contribution is 5.81. The molecule has 0 bridgehead atoms. The van der Waals surface area contributed by atoms with E-state index >= 15 is 0 Å². The molecule has 0 aliphatic heterocycles. The molecule has 3 aromatic rings. The van der Waals surface area contributed by atoms with Crippen LogP contribution in [0.2, 0.25) is 0 Å². The van der Waals surface area contributed by atoms with E-state index in [1.807, 2.05) is 32.2 Å². The van der Waals surface area contributed by atoms with Crippen LogP contribution in [0.25, 0.3) is 10.8 Å². The van der Waals surface area contributed by atoms with Crippen LogP contribution in [0.5, 0.6) is 5.75 Å². The Morgan fingerprint density at radius 1 is 1.18 bits per heavy atom. The van der Waals surface area contributed by atoms with E-state index in [0.717, 1.165) is 30.0 Å². The molecule has 7 nitrogen and oxygen atoms in total. The van der Waals surface area contributed by atoms with Crippen LogP contribution in [0.4, 0.5) is 4.39 Å². The summed E-state index contributed by atoms with van der Waals surface area (Å²) in [6.45, 7) is 4.35. The first-order valence-corrected chi connectivity index (χ1v) is 11.1. The summed E-state index contributed by atoms with van der Waals surface area (Å²) in [5.74, 6) is -0.522. The van der Waals surface area contributed by atoms with Crippen molar-refractivity contribution in [2.24, 2.45) is 0 Å². The van der Waals surface area contributed by atoms with Gasteiger partial charge in [0.05, 0.1) is 30.7 Å². The fourth-order valence-corrected chi connectivity index (χ4v) is 3.77. The monoisotopic (exact) mass is 465 g/mol. The number of hydrogen-bond acceptors (Lipinski definition) is 6. The summed E-state index contributed by atoms with van der Waals surface area (Å²) in [6.07, 6.45) is 2.09. The second-order valence-corrected chi connectivity index (χ2v) is 8.09. The first-order chi connectivity index (χ1) is 16.4. The van der Waals surface area contributed by atoms with Gasteiger partial charge in [-0.15, -0.1) is 0 Å². The molecule has 0 spiro atoms. The molecule has 1 aromatic heterocycles. The highest BCUT2D eigenvalue weighted by Crippen LogP contribution is 2.23. The Morgan fingerprint density at radius 3 is 2.68 bits per heavy atom. The summed E-state index contributed by atoms with van der Waals surface area (Å²) in [7, 11) is 3.39. The van der Waals surface area contributed by atoms with Gasteiger partial charge in [-0.2, -0.15) is 5.26 Å². The number of rotatable bonds is 10. The van der Waals surface area contributed by atoms with Crippen molar-refractivity contribution in [2.45, 2.75) is 19.8 Å². The summed E-state index contributed by atoms with van der Waals surface area (Å²) in [5, 5.41) is 10.5. The zero-order chi connectivity index (χ0) is 24.7. The number of nitriles is 1. The highest BCUT2D eigenvalue weighted by Gasteiger charge is 2.18. The Labute approximate surface area is 198 Å². The molecule has 178 valence electrons. The molecule has 0 N–H and O–H groups in total. The average molecular weight is 466 g/mol. The Bertz CT molecular complexity index is 1270. The van der Waals surface area contributed by atoms with Crippen molar-refractivity contribution in [2.75, 3.05) is 40.3 Å². The van der Waals surface area contributed by atoms with Gasteiger partial charge in [0.2, 0.25) is 5.91 Å². The maximum atomic E-state index is 14.4. The standard InChI is InChI=1S/C26H28FN3O4/c1-4-30(25(31)16-20-15-24(33-3)21(17-28)14-23(20)27)11-10-29(2)9-7-18-5-6-22-19(13-18)8-12-34-26(22)32/h5-6,8,12-15H,4,7,9-11,16H2,1-3H3. The molecule has 0 saturated heterocycles. The smallest absolute Gasteiger partial charge is 0.343 e. The predicted octanol–water partition coefficient (Wildman–Crippen LogP) is 3.38. The van der Waals surface area contributed by atoms with E-state index in [9.17, 15) is 14.0 Å². The van der Waals surface area contributed by atoms with Gasteiger partial charge in [0.15, 0.2) is 0 Å². The van der Waals surface area contributed by atoms with E-state index in [2.05, 4.69) is 4.90 Å². The van der Waals surface area contributed by atoms with E-state index in [0.29, 0.717) is 25.0 Å². The third-order valence-corrected chi connectivity index (χ3v) is 5.86. The topological polar surface area (TPSA) is 86.8 Å². The van der Waals surface area contributed by atoms with Crippen molar-refractivity contribution in [1.82, 2.24) is 9.80 Å². The van der Waals surface area contributed by atoms with E-state index in [1.54, 1.807) is 17.0 Å². The molecular formula is C26H28FN3O4. The Morgan fingerprint density at radius 2 is 1.97 bits per heavy atom. The lowest BCUT2D eigenvalue weighted by atomic mass is 10.1. The number of halogens is 1. The Kier molecular flexibility index (Phi) is 8.39. The van der Waals surface area contributed by atoms with Gasteiger partial charge in [0.25, 0.3) is 0 Å². The summed E-state index contributed by atoms with van der Waals surface area (Å²) in [6, 6.07) is 11.9. The molecule has 0 unspecified atom stereocenters. The predicted molar refractivity (Wildman–Crippen MR) is 127 cm³/mol.